The van der Waals surface area contributed by atoms with E-state index in [9.17, 15) is 4.79 Å². The normalized spacial score (nSPS) is 18.8. The SMILES string of the molecule is O=c1ccc2cnc(Nc3ccc(N4CCNCC4)cc3)nc2n1CCCOC1CCCCO1. The van der Waals surface area contributed by atoms with Gasteiger partial charge in [-0.1, -0.05) is 0 Å². The predicted molar refractivity (Wildman–Crippen MR) is 133 cm³/mol. The van der Waals surface area contributed by atoms with Gasteiger partial charge in [-0.25, -0.2) is 4.98 Å². The summed E-state index contributed by atoms with van der Waals surface area (Å²) in [6.45, 7) is 5.87. The second-order valence-electron chi connectivity index (χ2n) is 8.73. The van der Waals surface area contributed by atoms with Crippen molar-refractivity contribution in [2.24, 2.45) is 0 Å². The monoisotopic (exact) mass is 464 g/mol. The summed E-state index contributed by atoms with van der Waals surface area (Å²) in [5.74, 6) is 0.466. The number of nitrogens with zero attached hydrogens (tertiary/aromatic N) is 4. The van der Waals surface area contributed by atoms with Crippen LogP contribution in [-0.2, 0) is 16.0 Å². The first kappa shape index (κ1) is 22.8. The van der Waals surface area contributed by atoms with Gasteiger partial charge in [0.25, 0.3) is 5.56 Å². The van der Waals surface area contributed by atoms with Crippen LogP contribution in [0.3, 0.4) is 0 Å². The summed E-state index contributed by atoms with van der Waals surface area (Å²) in [4.78, 5) is 24.1. The van der Waals surface area contributed by atoms with Crippen molar-refractivity contribution in [3.05, 3.63) is 52.9 Å². The first-order valence-electron chi connectivity index (χ1n) is 12.2. The second-order valence-corrected chi connectivity index (χ2v) is 8.73. The molecular weight excluding hydrogens is 432 g/mol. The Balaban J connectivity index is 1.26. The van der Waals surface area contributed by atoms with Gasteiger partial charge in [0.05, 0.1) is 6.61 Å². The third-order valence-corrected chi connectivity index (χ3v) is 6.30. The molecule has 3 aromatic rings. The number of hydrogen-bond acceptors (Lipinski definition) is 8. The Kier molecular flexibility index (Phi) is 7.33. The fourth-order valence-corrected chi connectivity index (χ4v) is 4.44. The maximum atomic E-state index is 12.6. The molecule has 2 N–H and O–H groups in total. The van der Waals surface area contributed by atoms with E-state index in [2.05, 4.69) is 37.6 Å². The molecule has 4 heterocycles. The summed E-state index contributed by atoms with van der Waals surface area (Å²) in [6.07, 6.45) is 5.52. The molecule has 2 fully saturated rings. The number of rotatable bonds is 8. The first-order chi connectivity index (χ1) is 16.8. The van der Waals surface area contributed by atoms with Gasteiger partial charge in [-0.3, -0.25) is 9.36 Å². The number of fused-ring (bicyclic) bond motifs is 1. The number of nitrogens with one attached hydrogen (secondary N) is 2. The topological polar surface area (TPSA) is 93.5 Å². The average Bonchev–Trinajstić information content (AvgIpc) is 2.89. The van der Waals surface area contributed by atoms with Crippen LogP contribution in [0, 0.1) is 0 Å². The van der Waals surface area contributed by atoms with Crippen molar-refractivity contribution in [2.45, 2.75) is 38.5 Å². The Bertz CT molecular complexity index is 1140. The Morgan fingerprint density at radius 3 is 2.76 bits per heavy atom. The molecule has 5 rings (SSSR count). The van der Waals surface area contributed by atoms with Gasteiger partial charge in [0.1, 0.15) is 5.65 Å². The molecule has 0 bridgehead atoms. The van der Waals surface area contributed by atoms with E-state index < -0.39 is 0 Å². The van der Waals surface area contributed by atoms with Crippen molar-refractivity contribution >= 4 is 28.4 Å². The largest absolute Gasteiger partial charge is 0.369 e. The second kappa shape index (κ2) is 10.9. The van der Waals surface area contributed by atoms with Crippen LogP contribution in [-0.4, -0.2) is 60.2 Å². The summed E-state index contributed by atoms with van der Waals surface area (Å²) in [6, 6.07) is 11.6. The third kappa shape index (κ3) is 5.55. The van der Waals surface area contributed by atoms with Crippen molar-refractivity contribution in [3.8, 4) is 0 Å². The smallest absolute Gasteiger partial charge is 0.252 e. The number of aryl methyl sites for hydroxylation is 1. The standard InChI is InChI=1S/C25H32N6O3/c32-22-10-5-19-18-27-25(28-20-6-8-21(9-7-20)30-14-11-26-12-15-30)29-24(19)31(22)13-3-17-34-23-4-1-2-16-33-23/h5-10,18,23,26H,1-4,11-17H2,(H,27,28,29). The van der Waals surface area contributed by atoms with Crippen LogP contribution in [0.1, 0.15) is 25.7 Å². The molecule has 0 radical (unpaired) electrons. The van der Waals surface area contributed by atoms with Crippen LogP contribution in [0.4, 0.5) is 17.3 Å². The molecule has 9 heteroatoms. The molecule has 1 unspecified atom stereocenters. The zero-order chi connectivity index (χ0) is 23.2. The van der Waals surface area contributed by atoms with Gasteiger partial charge in [-0.15, -0.1) is 0 Å². The number of pyridine rings is 1. The maximum Gasteiger partial charge on any atom is 0.252 e. The van der Waals surface area contributed by atoms with E-state index in [0.717, 1.165) is 63.1 Å². The molecule has 1 atom stereocenters. The van der Waals surface area contributed by atoms with Crippen molar-refractivity contribution < 1.29 is 9.47 Å². The van der Waals surface area contributed by atoms with Gasteiger partial charge in [0, 0.05) is 68.4 Å². The number of piperazine rings is 1. The Labute approximate surface area is 199 Å². The van der Waals surface area contributed by atoms with Crippen LogP contribution in [0.2, 0.25) is 0 Å². The molecule has 2 aliphatic rings. The van der Waals surface area contributed by atoms with Crippen molar-refractivity contribution in [1.29, 1.82) is 0 Å². The van der Waals surface area contributed by atoms with Crippen LogP contribution in [0.25, 0.3) is 11.0 Å². The minimum atomic E-state index is -0.117. The average molecular weight is 465 g/mol. The minimum absolute atomic E-state index is 0.0774. The van der Waals surface area contributed by atoms with E-state index in [1.807, 2.05) is 12.1 Å². The fraction of sp³-hybridized carbons (Fsp3) is 0.480. The van der Waals surface area contributed by atoms with E-state index in [1.165, 1.54) is 5.69 Å². The Morgan fingerprint density at radius 1 is 1.12 bits per heavy atom. The van der Waals surface area contributed by atoms with Crippen molar-refractivity contribution in [3.63, 3.8) is 0 Å². The molecule has 9 nitrogen and oxygen atoms in total. The van der Waals surface area contributed by atoms with Crippen molar-refractivity contribution in [1.82, 2.24) is 19.9 Å². The summed E-state index contributed by atoms with van der Waals surface area (Å²) >= 11 is 0. The molecule has 180 valence electrons. The first-order valence-corrected chi connectivity index (χ1v) is 12.2. The lowest BCUT2D eigenvalue weighted by Gasteiger charge is -2.29. The molecule has 34 heavy (non-hydrogen) atoms. The van der Waals surface area contributed by atoms with Crippen molar-refractivity contribution in [2.75, 3.05) is 49.6 Å². The van der Waals surface area contributed by atoms with E-state index >= 15 is 0 Å². The lowest BCUT2D eigenvalue weighted by Crippen LogP contribution is -2.43. The van der Waals surface area contributed by atoms with Crippen LogP contribution in [0.15, 0.2) is 47.4 Å². The molecular formula is C25H32N6O3. The van der Waals surface area contributed by atoms with E-state index in [1.54, 1.807) is 22.9 Å². The van der Waals surface area contributed by atoms with Gasteiger partial charge in [0.15, 0.2) is 6.29 Å². The molecule has 1 aromatic carbocycles. The van der Waals surface area contributed by atoms with E-state index in [4.69, 9.17) is 9.47 Å². The zero-order valence-electron chi connectivity index (χ0n) is 19.4. The molecule has 2 saturated heterocycles. The molecule has 0 saturated carbocycles. The van der Waals surface area contributed by atoms with Gasteiger partial charge in [-0.05, 0) is 56.0 Å². The highest BCUT2D eigenvalue weighted by Crippen LogP contribution is 2.21. The number of ether oxygens (including phenoxy) is 2. The Morgan fingerprint density at radius 2 is 1.97 bits per heavy atom. The third-order valence-electron chi connectivity index (χ3n) is 6.30. The number of aromatic nitrogens is 3. The molecule has 2 aromatic heterocycles. The number of hydrogen-bond donors (Lipinski definition) is 2. The van der Waals surface area contributed by atoms with E-state index in [-0.39, 0.29) is 11.8 Å². The minimum Gasteiger partial charge on any atom is -0.369 e. The molecule has 0 spiro atoms. The van der Waals surface area contributed by atoms with Crippen LogP contribution in [0.5, 0.6) is 0 Å². The van der Waals surface area contributed by atoms with E-state index in [0.29, 0.717) is 31.2 Å². The summed E-state index contributed by atoms with van der Waals surface area (Å²) in [7, 11) is 0. The van der Waals surface area contributed by atoms with Gasteiger partial charge in [0.2, 0.25) is 5.95 Å². The van der Waals surface area contributed by atoms with Crippen LogP contribution < -0.4 is 21.1 Å². The van der Waals surface area contributed by atoms with Crippen LogP contribution >= 0.6 is 0 Å². The van der Waals surface area contributed by atoms with Gasteiger partial charge in [-0.2, -0.15) is 4.98 Å². The predicted octanol–water partition coefficient (Wildman–Crippen LogP) is 2.88. The fourth-order valence-electron chi connectivity index (χ4n) is 4.44. The lowest BCUT2D eigenvalue weighted by molar-refractivity contribution is -0.163. The highest BCUT2D eigenvalue weighted by Gasteiger charge is 2.14. The molecule has 2 aliphatic heterocycles. The van der Waals surface area contributed by atoms with Gasteiger partial charge >= 0.3 is 0 Å². The number of benzene rings is 1. The highest BCUT2D eigenvalue weighted by atomic mass is 16.7. The lowest BCUT2D eigenvalue weighted by atomic mass is 10.2. The maximum absolute atomic E-state index is 12.6. The quantitative estimate of drug-likeness (QED) is 0.492. The Hall–Kier alpha value is -3.01. The zero-order valence-corrected chi connectivity index (χ0v) is 19.4. The molecule has 0 amide bonds. The highest BCUT2D eigenvalue weighted by molar-refractivity contribution is 5.75. The molecule has 0 aliphatic carbocycles. The summed E-state index contributed by atoms with van der Waals surface area (Å²) in [5.41, 5.74) is 2.66. The number of anilines is 3. The van der Waals surface area contributed by atoms with Gasteiger partial charge < -0.3 is 25.0 Å². The summed E-state index contributed by atoms with van der Waals surface area (Å²) < 4.78 is 13.1. The summed E-state index contributed by atoms with van der Waals surface area (Å²) in [5, 5.41) is 7.48.